The van der Waals surface area contributed by atoms with Gasteiger partial charge in [-0.2, -0.15) is 0 Å². The van der Waals surface area contributed by atoms with Gasteiger partial charge in [-0.1, -0.05) is 6.07 Å². The number of para-hydroxylation sites is 1. The summed E-state index contributed by atoms with van der Waals surface area (Å²) >= 11 is 2.14. The van der Waals surface area contributed by atoms with E-state index in [1.54, 1.807) is 13.2 Å². The highest BCUT2D eigenvalue weighted by Crippen LogP contribution is 2.25. The first kappa shape index (κ1) is 13.0. The second-order valence-corrected chi connectivity index (χ2v) is 4.41. The van der Waals surface area contributed by atoms with Crippen LogP contribution in [0, 0.1) is 8.78 Å². The Balaban J connectivity index is 2.97. The first-order valence-corrected chi connectivity index (χ1v) is 5.73. The largest absolute Gasteiger partial charge is 0.623 e. The molecule has 0 N–H and O–H groups in total. The average Bonchev–Trinajstić information content (AvgIpc) is 2.16. The van der Waals surface area contributed by atoms with Gasteiger partial charge in [0.15, 0.2) is 6.54 Å². The van der Waals surface area contributed by atoms with Gasteiger partial charge in [0.1, 0.15) is 5.75 Å². The van der Waals surface area contributed by atoms with Crippen LogP contribution >= 0.6 is 22.6 Å². The van der Waals surface area contributed by atoms with Crippen molar-refractivity contribution in [1.29, 1.82) is 0 Å². The standard InChI is InChI=1S/C11H12INO3/c1-8(14)6-13(15)7-9-4-3-5-10(12)11(9)16-2/h3-6H,7H2,1-2H3/b13-6-. The summed E-state index contributed by atoms with van der Waals surface area (Å²) < 4.78 is 6.76. The zero-order chi connectivity index (χ0) is 12.1. The van der Waals surface area contributed by atoms with Crippen molar-refractivity contribution >= 4 is 34.6 Å². The molecule has 5 heteroatoms. The average molecular weight is 333 g/mol. The highest BCUT2D eigenvalue weighted by atomic mass is 127. The molecule has 16 heavy (non-hydrogen) atoms. The number of hydrogen-bond acceptors (Lipinski definition) is 3. The maximum atomic E-state index is 11.4. The number of carbonyl (C=O) groups is 1. The SMILES string of the molecule is COc1c(I)cccc1C/[N+]([O-])=C/C(C)=O. The molecule has 0 aromatic heterocycles. The predicted octanol–water partition coefficient (Wildman–Crippen LogP) is 1.97. The molecule has 0 aliphatic heterocycles. The smallest absolute Gasteiger partial charge is 0.217 e. The van der Waals surface area contributed by atoms with Crippen LogP contribution in [-0.2, 0) is 11.3 Å². The second-order valence-electron chi connectivity index (χ2n) is 3.25. The van der Waals surface area contributed by atoms with Gasteiger partial charge in [-0.15, -0.1) is 0 Å². The number of methoxy groups -OCH3 is 1. The molecular formula is C11H12INO3. The zero-order valence-corrected chi connectivity index (χ0v) is 11.2. The van der Waals surface area contributed by atoms with Crippen LogP contribution in [0.1, 0.15) is 12.5 Å². The number of Topliss-reactive ketones (excluding diaryl/α,β-unsaturated/α-hetero) is 1. The number of carbonyl (C=O) groups excluding carboxylic acids is 1. The molecule has 86 valence electrons. The first-order valence-electron chi connectivity index (χ1n) is 4.65. The molecule has 0 aliphatic rings. The summed E-state index contributed by atoms with van der Waals surface area (Å²) in [5.74, 6) is 0.417. The van der Waals surface area contributed by atoms with E-state index in [1.807, 2.05) is 12.1 Å². The van der Waals surface area contributed by atoms with Crippen molar-refractivity contribution in [2.24, 2.45) is 0 Å². The van der Waals surface area contributed by atoms with E-state index >= 15 is 0 Å². The molecule has 4 nitrogen and oxygen atoms in total. The van der Waals surface area contributed by atoms with Crippen LogP contribution in [0.15, 0.2) is 18.2 Å². The lowest BCUT2D eigenvalue weighted by molar-refractivity contribution is -0.469. The van der Waals surface area contributed by atoms with E-state index in [9.17, 15) is 10.0 Å². The van der Waals surface area contributed by atoms with Gasteiger partial charge in [0.25, 0.3) is 0 Å². The number of hydrogen-bond donors (Lipinski definition) is 0. The summed E-state index contributed by atoms with van der Waals surface area (Å²) in [4.78, 5) is 10.7. The van der Waals surface area contributed by atoms with Gasteiger partial charge in [0.05, 0.1) is 16.2 Å². The van der Waals surface area contributed by atoms with Crippen LogP contribution in [0.25, 0.3) is 0 Å². The summed E-state index contributed by atoms with van der Waals surface area (Å²) in [6.07, 6.45) is 1.03. The number of hydroxylamine groups is 1. The molecule has 0 aliphatic carbocycles. The van der Waals surface area contributed by atoms with Crippen LogP contribution < -0.4 is 4.74 Å². The molecule has 1 aromatic rings. The Bertz CT molecular complexity index is 429. The fourth-order valence-electron chi connectivity index (χ4n) is 1.32. The van der Waals surface area contributed by atoms with Crippen LogP contribution in [-0.4, -0.2) is 23.8 Å². The molecule has 0 fully saturated rings. The van der Waals surface area contributed by atoms with Crippen molar-refractivity contribution in [3.05, 3.63) is 32.5 Å². The van der Waals surface area contributed by atoms with E-state index in [-0.39, 0.29) is 12.3 Å². The monoisotopic (exact) mass is 333 g/mol. The summed E-state index contributed by atoms with van der Waals surface area (Å²) in [6, 6.07) is 5.55. The van der Waals surface area contributed by atoms with Gasteiger partial charge in [0.2, 0.25) is 12.0 Å². The Morgan fingerprint density at radius 3 is 2.88 bits per heavy atom. The molecular weight excluding hydrogens is 321 g/mol. The van der Waals surface area contributed by atoms with Crippen molar-refractivity contribution in [3.8, 4) is 5.75 Å². The van der Waals surface area contributed by atoms with E-state index in [4.69, 9.17) is 4.74 Å². The normalized spacial score (nSPS) is 11.3. The molecule has 0 spiro atoms. The Kier molecular flexibility index (Phi) is 4.72. The lowest BCUT2D eigenvalue weighted by Crippen LogP contribution is -2.10. The minimum Gasteiger partial charge on any atom is -0.623 e. The number of benzene rings is 1. The maximum absolute atomic E-state index is 11.4. The van der Waals surface area contributed by atoms with Crippen molar-refractivity contribution in [2.75, 3.05) is 7.11 Å². The topological polar surface area (TPSA) is 52.4 Å². The molecule has 0 unspecified atom stereocenters. The molecule has 0 saturated carbocycles. The van der Waals surface area contributed by atoms with E-state index in [0.29, 0.717) is 10.5 Å². The van der Waals surface area contributed by atoms with Gasteiger partial charge < -0.3 is 9.94 Å². The predicted molar refractivity (Wildman–Crippen MR) is 69.8 cm³/mol. The van der Waals surface area contributed by atoms with Crippen molar-refractivity contribution in [1.82, 2.24) is 0 Å². The molecule has 1 rings (SSSR count). The third kappa shape index (κ3) is 3.48. The second kappa shape index (κ2) is 5.83. The summed E-state index contributed by atoms with van der Waals surface area (Å²) in [5, 5.41) is 11.4. The van der Waals surface area contributed by atoms with Crippen molar-refractivity contribution < 1.29 is 14.3 Å². The van der Waals surface area contributed by atoms with Gasteiger partial charge in [0, 0.05) is 6.92 Å². The lowest BCUT2D eigenvalue weighted by Gasteiger charge is -2.09. The Morgan fingerprint density at radius 2 is 2.31 bits per heavy atom. The first-order chi connectivity index (χ1) is 7.54. The fraction of sp³-hybridized carbons (Fsp3) is 0.273. The van der Waals surface area contributed by atoms with Gasteiger partial charge in [-0.05, 0) is 34.7 Å². The van der Waals surface area contributed by atoms with Crippen LogP contribution in [0.5, 0.6) is 5.75 Å². The third-order valence-electron chi connectivity index (χ3n) is 1.90. The highest BCUT2D eigenvalue weighted by molar-refractivity contribution is 14.1. The quantitative estimate of drug-likeness (QED) is 0.278. The molecule has 0 saturated heterocycles. The van der Waals surface area contributed by atoms with Gasteiger partial charge in [-0.3, -0.25) is 4.79 Å². The van der Waals surface area contributed by atoms with Crippen LogP contribution in [0.4, 0.5) is 0 Å². The number of rotatable bonds is 4. The lowest BCUT2D eigenvalue weighted by atomic mass is 10.2. The van der Waals surface area contributed by atoms with Crippen LogP contribution in [0.2, 0.25) is 0 Å². The molecule has 0 atom stereocenters. The molecule has 0 heterocycles. The van der Waals surface area contributed by atoms with Crippen molar-refractivity contribution in [3.63, 3.8) is 0 Å². The Hall–Kier alpha value is -1.11. The number of halogens is 1. The summed E-state index contributed by atoms with van der Waals surface area (Å²) in [7, 11) is 1.56. The molecule has 0 bridgehead atoms. The zero-order valence-electron chi connectivity index (χ0n) is 9.07. The Labute approximate surface area is 108 Å². The van der Waals surface area contributed by atoms with Gasteiger partial charge >= 0.3 is 0 Å². The summed E-state index contributed by atoms with van der Waals surface area (Å²) in [6.45, 7) is 1.45. The van der Waals surface area contributed by atoms with E-state index < -0.39 is 0 Å². The number of nitrogens with zero attached hydrogens (tertiary/aromatic N) is 1. The molecule has 1 aromatic carbocycles. The summed E-state index contributed by atoms with van der Waals surface area (Å²) in [5.41, 5.74) is 0.766. The minimum absolute atomic E-state index is 0.111. The fourth-order valence-corrected chi connectivity index (χ4v) is 2.10. The maximum Gasteiger partial charge on any atom is 0.217 e. The third-order valence-corrected chi connectivity index (χ3v) is 2.75. The van der Waals surface area contributed by atoms with E-state index in [2.05, 4.69) is 22.6 Å². The molecule has 0 amide bonds. The number of ketones is 1. The van der Waals surface area contributed by atoms with E-state index in [1.165, 1.54) is 6.92 Å². The minimum atomic E-state index is -0.264. The Morgan fingerprint density at radius 1 is 1.62 bits per heavy atom. The van der Waals surface area contributed by atoms with Crippen LogP contribution in [0.3, 0.4) is 0 Å². The van der Waals surface area contributed by atoms with E-state index in [0.717, 1.165) is 15.3 Å². The highest BCUT2D eigenvalue weighted by Gasteiger charge is 2.10. The van der Waals surface area contributed by atoms with Crippen molar-refractivity contribution in [2.45, 2.75) is 13.5 Å². The molecule has 0 radical (unpaired) electrons. The number of ether oxygens (including phenoxy) is 1. The van der Waals surface area contributed by atoms with Gasteiger partial charge in [-0.25, -0.2) is 4.74 Å².